The number of aromatic nitrogens is 1. The van der Waals surface area contributed by atoms with Gasteiger partial charge in [-0.1, -0.05) is 135 Å². The first-order chi connectivity index (χ1) is 16.6. The Labute approximate surface area is 207 Å². The smallest absolute Gasteiger partial charge is 0.342 e. The van der Waals surface area contributed by atoms with E-state index in [2.05, 4.69) is 19.0 Å². The van der Waals surface area contributed by atoms with Crippen LogP contribution in [0.2, 0.25) is 0 Å². The minimum Gasteiger partial charge on any atom is -0.353 e. The monoisotopic (exact) mass is 478 g/mol. The van der Waals surface area contributed by atoms with Gasteiger partial charge in [-0.25, -0.2) is 0 Å². The van der Waals surface area contributed by atoms with Crippen LogP contribution in [0.3, 0.4) is 0 Å². The predicted octanol–water partition coefficient (Wildman–Crippen LogP) is 9.54. The summed E-state index contributed by atoms with van der Waals surface area (Å²) in [4.78, 5) is 23.6. The summed E-state index contributed by atoms with van der Waals surface area (Å²) >= 11 is 0. The van der Waals surface area contributed by atoms with Gasteiger partial charge in [0.15, 0.2) is 5.78 Å². The van der Waals surface area contributed by atoms with E-state index in [1.165, 1.54) is 89.9 Å². The lowest BCUT2D eigenvalue weighted by Gasteiger charge is -2.02. The van der Waals surface area contributed by atoms with E-state index < -0.39 is 4.92 Å². The van der Waals surface area contributed by atoms with Gasteiger partial charge in [-0.15, -0.1) is 0 Å². The molecule has 34 heavy (non-hydrogen) atoms. The van der Waals surface area contributed by atoms with Crippen molar-refractivity contribution in [3.8, 4) is 0 Å². The molecule has 0 atom stereocenters. The number of aryl methyl sites for hydroxylation is 1. The van der Waals surface area contributed by atoms with Gasteiger partial charge in [-0.2, -0.15) is 0 Å². The van der Waals surface area contributed by atoms with Gasteiger partial charge in [0.05, 0.1) is 4.92 Å². The molecule has 0 spiro atoms. The molecular formula is C28H50N2O4. The molecule has 0 aromatic carbocycles. The maximum atomic E-state index is 12.5. The molecule has 0 aliphatic rings. The van der Waals surface area contributed by atoms with Crippen molar-refractivity contribution >= 4 is 11.5 Å². The summed E-state index contributed by atoms with van der Waals surface area (Å²) in [5.41, 5.74) is -0.281. The third kappa shape index (κ3) is 13.9. The molecule has 0 fully saturated rings. The number of rotatable bonds is 24. The highest BCUT2D eigenvalue weighted by Crippen LogP contribution is 2.27. The molecule has 0 aliphatic carbocycles. The molecule has 0 amide bonds. The van der Waals surface area contributed by atoms with E-state index in [0.717, 1.165) is 38.5 Å². The molecule has 0 saturated heterocycles. The third-order valence-electron chi connectivity index (χ3n) is 6.70. The Morgan fingerprint density at radius 1 is 0.706 bits per heavy atom. The molecule has 1 rings (SSSR count). The Morgan fingerprint density at radius 2 is 1.12 bits per heavy atom. The zero-order valence-corrected chi connectivity index (χ0v) is 22.1. The van der Waals surface area contributed by atoms with Crippen molar-refractivity contribution in [2.75, 3.05) is 0 Å². The summed E-state index contributed by atoms with van der Waals surface area (Å²) in [6.45, 7) is 4.46. The molecular weight excluding hydrogens is 428 g/mol. The summed E-state index contributed by atoms with van der Waals surface area (Å²) in [6.07, 6.45) is 24.7. The molecule has 0 saturated carbocycles. The van der Waals surface area contributed by atoms with Crippen molar-refractivity contribution in [3.63, 3.8) is 0 Å². The molecule has 1 aromatic heterocycles. The summed E-state index contributed by atoms with van der Waals surface area (Å²) in [7, 11) is 0. The number of nitro groups is 1. The molecule has 1 aromatic rings. The van der Waals surface area contributed by atoms with Crippen LogP contribution in [0, 0.1) is 10.1 Å². The molecule has 6 nitrogen and oxygen atoms in total. The van der Waals surface area contributed by atoms with E-state index >= 15 is 0 Å². The fraction of sp³-hybridized carbons (Fsp3) is 0.857. The fourth-order valence-electron chi connectivity index (χ4n) is 4.52. The topological polar surface area (TPSA) is 86.2 Å². The van der Waals surface area contributed by atoms with E-state index in [4.69, 9.17) is 4.52 Å². The van der Waals surface area contributed by atoms with Crippen molar-refractivity contribution < 1.29 is 14.2 Å². The Kier molecular flexibility index (Phi) is 18.4. The maximum Gasteiger partial charge on any atom is 0.342 e. The Morgan fingerprint density at radius 3 is 1.56 bits per heavy atom. The second-order valence-corrected chi connectivity index (χ2v) is 9.85. The molecule has 0 bridgehead atoms. The highest BCUT2D eigenvalue weighted by atomic mass is 16.6. The number of hydrogen-bond donors (Lipinski definition) is 0. The van der Waals surface area contributed by atoms with Crippen LogP contribution in [0.5, 0.6) is 0 Å². The van der Waals surface area contributed by atoms with E-state index in [9.17, 15) is 14.9 Å². The van der Waals surface area contributed by atoms with Crippen LogP contribution >= 0.6 is 0 Å². The minimum absolute atomic E-state index is 0.0806. The van der Waals surface area contributed by atoms with E-state index in [1.807, 2.05) is 0 Å². The molecule has 1 heterocycles. The highest BCUT2D eigenvalue weighted by molar-refractivity contribution is 5.98. The van der Waals surface area contributed by atoms with E-state index in [-0.39, 0.29) is 22.9 Å². The lowest BCUT2D eigenvalue weighted by atomic mass is 10.0. The van der Waals surface area contributed by atoms with E-state index in [0.29, 0.717) is 12.8 Å². The standard InChI is InChI=1S/C28H50N2O4/c1-3-5-7-9-11-13-15-17-19-21-23-25(31)27-28(30(32)33)26(34-29-27)24-22-20-18-16-14-12-10-8-6-4-2/h3-24H2,1-2H3. The first-order valence-corrected chi connectivity index (χ1v) is 14.3. The van der Waals surface area contributed by atoms with Crippen LogP contribution in [-0.2, 0) is 6.42 Å². The first kappa shape index (κ1) is 30.3. The number of hydrogen-bond acceptors (Lipinski definition) is 5. The molecule has 0 N–H and O–H groups in total. The van der Waals surface area contributed by atoms with Gasteiger partial charge in [0.1, 0.15) is 0 Å². The van der Waals surface area contributed by atoms with E-state index in [1.54, 1.807) is 0 Å². The van der Waals surface area contributed by atoms with Gasteiger partial charge in [-0.3, -0.25) is 14.9 Å². The van der Waals surface area contributed by atoms with Crippen molar-refractivity contribution in [1.29, 1.82) is 0 Å². The summed E-state index contributed by atoms with van der Waals surface area (Å²) in [5, 5.41) is 15.4. The van der Waals surface area contributed by atoms with Crippen LogP contribution in [0.1, 0.15) is 165 Å². The van der Waals surface area contributed by atoms with Gasteiger partial charge in [0.2, 0.25) is 11.5 Å². The quantitative estimate of drug-likeness (QED) is 0.0638. The number of ketones is 1. The zero-order chi connectivity index (χ0) is 24.9. The molecule has 0 aliphatic heterocycles. The van der Waals surface area contributed by atoms with Gasteiger partial charge in [0.25, 0.3) is 0 Å². The lowest BCUT2D eigenvalue weighted by molar-refractivity contribution is -0.386. The largest absolute Gasteiger partial charge is 0.353 e. The molecule has 0 unspecified atom stereocenters. The van der Waals surface area contributed by atoms with Crippen molar-refractivity contribution in [2.45, 2.75) is 155 Å². The molecule has 6 heteroatoms. The van der Waals surface area contributed by atoms with Crippen molar-refractivity contribution in [3.05, 3.63) is 21.6 Å². The van der Waals surface area contributed by atoms with Crippen LogP contribution in [0.15, 0.2) is 4.52 Å². The van der Waals surface area contributed by atoms with Crippen molar-refractivity contribution in [1.82, 2.24) is 5.16 Å². The van der Waals surface area contributed by atoms with Crippen LogP contribution in [0.4, 0.5) is 5.69 Å². The highest BCUT2D eigenvalue weighted by Gasteiger charge is 2.30. The number of carbonyl (C=O) groups excluding carboxylic acids is 1. The number of nitrogens with zero attached hydrogens (tertiary/aromatic N) is 2. The van der Waals surface area contributed by atoms with Gasteiger partial charge >= 0.3 is 5.69 Å². The fourth-order valence-corrected chi connectivity index (χ4v) is 4.52. The average Bonchev–Trinajstić information content (AvgIpc) is 3.26. The van der Waals surface area contributed by atoms with Crippen LogP contribution in [-0.4, -0.2) is 15.9 Å². The Balaban J connectivity index is 2.24. The second-order valence-electron chi connectivity index (χ2n) is 9.85. The molecule has 196 valence electrons. The second kappa shape index (κ2) is 20.6. The summed E-state index contributed by atoms with van der Waals surface area (Å²) in [6, 6.07) is 0. The third-order valence-corrected chi connectivity index (χ3v) is 6.70. The Bertz CT molecular complexity index is 657. The first-order valence-electron chi connectivity index (χ1n) is 14.3. The lowest BCUT2D eigenvalue weighted by Crippen LogP contribution is -2.04. The van der Waals surface area contributed by atoms with Gasteiger partial charge in [-0.05, 0) is 12.8 Å². The molecule has 0 radical (unpaired) electrons. The zero-order valence-electron chi connectivity index (χ0n) is 22.1. The van der Waals surface area contributed by atoms with Gasteiger partial charge < -0.3 is 4.52 Å². The summed E-state index contributed by atoms with van der Waals surface area (Å²) in [5.74, 6) is 0.000303. The maximum absolute atomic E-state index is 12.5. The number of Topliss-reactive ketones (excluding diaryl/α,β-unsaturated/α-hetero) is 1. The summed E-state index contributed by atoms with van der Waals surface area (Å²) < 4.78 is 5.25. The van der Waals surface area contributed by atoms with Crippen LogP contribution in [0.25, 0.3) is 0 Å². The Hall–Kier alpha value is -1.72. The van der Waals surface area contributed by atoms with Gasteiger partial charge in [0, 0.05) is 12.8 Å². The minimum atomic E-state index is -0.492. The number of carbonyl (C=O) groups is 1. The normalized spacial score (nSPS) is 11.2. The SMILES string of the molecule is CCCCCCCCCCCCC(=O)c1noc(CCCCCCCCCCCC)c1[N+](=O)[O-]. The average molecular weight is 479 g/mol. The van der Waals surface area contributed by atoms with Crippen molar-refractivity contribution in [2.24, 2.45) is 0 Å². The number of unbranched alkanes of at least 4 members (excludes halogenated alkanes) is 18. The predicted molar refractivity (Wildman–Crippen MR) is 139 cm³/mol. The van der Waals surface area contributed by atoms with Crippen LogP contribution < -0.4 is 0 Å².